The van der Waals surface area contributed by atoms with Crippen LogP contribution in [0, 0.1) is 0 Å². The van der Waals surface area contributed by atoms with Gasteiger partial charge >= 0.3 is 0 Å². The first-order chi connectivity index (χ1) is 11.6. The van der Waals surface area contributed by atoms with Crippen molar-refractivity contribution in [2.45, 2.75) is 32.8 Å². The summed E-state index contributed by atoms with van der Waals surface area (Å²) in [5.74, 6) is -0.0718. The average Bonchev–Trinajstić information content (AvgIpc) is 3.13. The van der Waals surface area contributed by atoms with E-state index in [1.807, 2.05) is 26.0 Å². The number of hydrogen-bond donors (Lipinski definition) is 2. The Morgan fingerprint density at radius 3 is 2.75 bits per heavy atom. The van der Waals surface area contributed by atoms with Crippen molar-refractivity contribution in [3.8, 4) is 0 Å². The van der Waals surface area contributed by atoms with Crippen LogP contribution in [-0.4, -0.2) is 55.6 Å². The lowest BCUT2D eigenvalue weighted by atomic mass is 10.1. The summed E-state index contributed by atoms with van der Waals surface area (Å²) in [6.45, 7) is 6.80. The molecule has 1 unspecified atom stereocenters. The Bertz CT molecular complexity index is 552. The van der Waals surface area contributed by atoms with Gasteiger partial charge in [-0.2, -0.15) is 0 Å². The normalized spacial score (nSPS) is 16.7. The monoisotopic (exact) mass is 333 g/mol. The van der Waals surface area contributed by atoms with Gasteiger partial charge in [-0.05, 0) is 44.9 Å². The summed E-state index contributed by atoms with van der Waals surface area (Å²) in [6, 6.07) is 7.26. The molecule has 1 aromatic carbocycles. The molecule has 2 rings (SSSR count). The van der Waals surface area contributed by atoms with Crippen LogP contribution >= 0.6 is 0 Å². The maximum absolute atomic E-state index is 12.4. The molecule has 2 N–H and O–H groups in total. The van der Waals surface area contributed by atoms with Crippen LogP contribution in [0.25, 0.3) is 0 Å². The quantitative estimate of drug-likeness (QED) is 0.762. The van der Waals surface area contributed by atoms with E-state index < -0.39 is 0 Å². The fourth-order valence-electron chi connectivity index (χ4n) is 2.73. The highest BCUT2D eigenvalue weighted by atomic mass is 16.5. The van der Waals surface area contributed by atoms with Crippen molar-refractivity contribution in [1.29, 1.82) is 0 Å². The molecule has 1 heterocycles. The Balaban J connectivity index is 1.82. The van der Waals surface area contributed by atoms with Crippen LogP contribution in [0.1, 0.15) is 37.0 Å². The molecule has 0 bridgehead atoms. The molecule has 2 amide bonds. The Morgan fingerprint density at radius 1 is 1.29 bits per heavy atom. The lowest BCUT2D eigenvalue weighted by molar-refractivity contribution is -0.119. The molecule has 6 nitrogen and oxygen atoms in total. The smallest absolute Gasteiger partial charge is 0.253 e. The molecule has 1 fully saturated rings. The van der Waals surface area contributed by atoms with E-state index in [1.54, 1.807) is 17.0 Å². The predicted molar refractivity (Wildman–Crippen MR) is 94.2 cm³/mol. The van der Waals surface area contributed by atoms with Crippen LogP contribution in [0.5, 0.6) is 0 Å². The molecule has 1 aliphatic rings. The fraction of sp³-hybridized carbons (Fsp3) is 0.556. The third-order valence-electron chi connectivity index (χ3n) is 4.16. The maximum Gasteiger partial charge on any atom is 0.253 e. The highest BCUT2D eigenvalue weighted by Gasteiger charge is 2.16. The van der Waals surface area contributed by atoms with Crippen LogP contribution in [0.15, 0.2) is 24.3 Å². The molecule has 1 aliphatic heterocycles. The van der Waals surface area contributed by atoms with Crippen molar-refractivity contribution >= 4 is 17.5 Å². The molecule has 1 aromatic rings. The number of hydrogen-bond acceptors (Lipinski definition) is 4. The number of ether oxygens (including phenoxy) is 1. The largest absolute Gasteiger partial charge is 0.376 e. The summed E-state index contributed by atoms with van der Waals surface area (Å²) in [4.78, 5) is 26.0. The van der Waals surface area contributed by atoms with Crippen molar-refractivity contribution in [3.05, 3.63) is 29.8 Å². The molecule has 0 radical (unpaired) electrons. The van der Waals surface area contributed by atoms with Crippen LogP contribution in [0.4, 0.5) is 5.69 Å². The van der Waals surface area contributed by atoms with E-state index in [0.717, 1.165) is 25.1 Å². The van der Waals surface area contributed by atoms with Gasteiger partial charge in [-0.1, -0.05) is 6.07 Å². The topological polar surface area (TPSA) is 70.7 Å². The molecule has 1 atom stereocenters. The van der Waals surface area contributed by atoms with Gasteiger partial charge < -0.3 is 20.3 Å². The Labute approximate surface area is 143 Å². The van der Waals surface area contributed by atoms with Gasteiger partial charge in [0.15, 0.2) is 0 Å². The number of carbonyl (C=O) groups excluding carboxylic acids is 2. The second kappa shape index (κ2) is 9.27. The molecule has 0 aromatic heterocycles. The molecular weight excluding hydrogens is 306 g/mol. The number of nitrogens with zero attached hydrogens (tertiary/aromatic N) is 1. The van der Waals surface area contributed by atoms with Crippen LogP contribution in [0.2, 0.25) is 0 Å². The highest BCUT2D eigenvalue weighted by molar-refractivity contribution is 5.95. The second-order valence-electron chi connectivity index (χ2n) is 5.85. The van der Waals surface area contributed by atoms with Crippen molar-refractivity contribution in [1.82, 2.24) is 10.2 Å². The fourth-order valence-corrected chi connectivity index (χ4v) is 2.73. The number of anilines is 1. The van der Waals surface area contributed by atoms with Gasteiger partial charge in [-0.15, -0.1) is 0 Å². The summed E-state index contributed by atoms with van der Waals surface area (Å²) in [5, 5.41) is 5.93. The first-order valence-corrected chi connectivity index (χ1v) is 8.65. The standard InChI is InChI=1S/C18H27N3O3/c1-3-21(4-2)18(23)14-7-5-8-15(11-14)19-13-17(22)20-12-16-9-6-10-24-16/h5,7-8,11,16,19H,3-4,6,9-10,12-13H2,1-2H3,(H,20,22). The van der Waals surface area contributed by atoms with Gasteiger partial charge in [0.05, 0.1) is 12.6 Å². The van der Waals surface area contributed by atoms with Gasteiger partial charge in [-0.3, -0.25) is 9.59 Å². The highest BCUT2D eigenvalue weighted by Crippen LogP contribution is 2.13. The van der Waals surface area contributed by atoms with E-state index in [0.29, 0.717) is 25.2 Å². The van der Waals surface area contributed by atoms with Gasteiger partial charge in [0.2, 0.25) is 5.91 Å². The van der Waals surface area contributed by atoms with Crippen molar-refractivity contribution < 1.29 is 14.3 Å². The summed E-state index contributed by atoms with van der Waals surface area (Å²) in [5.41, 5.74) is 1.39. The molecule has 0 spiro atoms. The molecule has 0 saturated carbocycles. The number of amides is 2. The third kappa shape index (κ3) is 5.23. The number of nitrogens with one attached hydrogen (secondary N) is 2. The van der Waals surface area contributed by atoms with Gasteiger partial charge in [-0.25, -0.2) is 0 Å². The summed E-state index contributed by atoms with van der Waals surface area (Å²) >= 11 is 0. The average molecular weight is 333 g/mol. The molecule has 1 saturated heterocycles. The minimum atomic E-state index is -0.0778. The minimum Gasteiger partial charge on any atom is -0.376 e. The van der Waals surface area contributed by atoms with E-state index in [2.05, 4.69) is 10.6 Å². The molecule has 132 valence electrons. The zero-order valence-electron chi connectivity index (χ0n) is 14.5. The number of carbonyl (C=O) groups is 2. The Morgan fingerprint density at radius 2 is 2.08 bits per heavy atom. The predicted octanol–water partition coefficient (Wildman–Crippen LogP) is 1.88. The first kappa shape index (κ1) is 18.3. The number of benzene rings is 1. The molecule has 6 heteroatoms. The Hall–Kier alpha value is -2.08. The zero-order chi connectivity index (χ0) is 17.4. The number of rotatable bonds is 8. The van der Waals surface area contributed by atoms with E-state index >= 15 is 0 Å². The molecule has 24 heavy (non-hydrogen) atoms. The van der Waals surface area contributed by atoms with Crippen LogP contribution in [0.3, 0.4) is 0 Å². The molecule has 0 aliphatic carbocycles. The van der Waals surface area contributed by atoms with E-state index in [4.69, 9.17) is 4.74 Å². The van der Waals surface area contributed by atoms with Crippen LogP contribution in [-0.2, 0) is 9.53 Å². The maximum atomic E-state index is 12.4. The van der Waals surface area contributed by atoms with Crippen molar-refractivity contribution in [2.24, 2.45) is 0 Å². The Kier molecular flexibility index (Phi) is 7.06. The van der Waals surface area contributed by atoms with Crippen molar-refractivity contribution in [3.63, 3.8) is 0 Å². The third-order valence-corrected chi connectivity index (χ3v) is 4.16. The van der Waals surface area contributed by atoms with E-state index in [1.165, 1.54) is 0 Å². The van der Waals surface area contributed by atoms with Crippen molar-refractivity contribution in [2.75, 3.05) is 38.1 Å². The van der Waals surface area contributed by atoms with Gasteiger partial charge in [0, 0.05) is 37.5 Å². The SMILES string of the molecule is CCN(CC)C(=O)c1cccc(NCC(=O)NCC2CCCO2)c1. The summed E-state index contributed by atoms with van der Waals surface area (Å²) in [7, 11) is 0. The lowest BCUT2D eigenvalue weighted by Crippen LogP contribution is -2.35. The molecular formula is C18H27N3O3. The van der Waals surface area contributed by atoms with E-state index in [-0.39, 0.29) is 24.5 Å². The second-order valence-corrected chi connectivity index (χ2v) is 5.85. The van der Waals surface area contributed by atoms with Crippen LogP contribution < -0.4 is 10.6 Å². The lowest BCUT2D eigenvalue weighted by Gasteiger charge is -2.19. The first-order valence-electron chi connectivity index (χ1n) is 8.65. The van der Waals surface area contributed by atoms with E-state index in [9.17, 15) is 9.59 Å². The minimum absolute atomic E-state index is 0.00600. The van der Waals surface area contributed by atoms with Gasteiger partial charge in [0.25, 0.3) is 5.91 Å². The zero-order valence-corrected chi connectivity index (χ0v) is 14.5. The summed E-state index contributed by atoms with van der Waals surface area (Å²) < 4.78 is 5.47. The summed E-state index contributed by atoms with van der Waals surface area (Å²) in [6.07, 6.45) is 2.21. The van der Waals surface area contributed by atoms with Gasteiger partial charge in [0.1, 0.15) is 0 Å².